The number of anilines is 2. The molecule has 1 aromatic rings. The van der Waals surface area contributed by atoms with Gasteiger partial charge in [-0.3, -0.25) is 9.69 Å². The molecule has 0 unspecified atom stereocenters. The first kappa shape index (κ1) is 17.5. The number of amides is 1. The third-order valence-electron chi connectivity index (χ3n) is 3.17. The molecule has 0 aliphatic heterocycles. The summed E-state index contributed by atoms with van der Waals surface area (Å²) in [4.78, 5) is 13.9. The number of aliphatic hydroxyl groups excluding tert-OH is 1. The van der Waals surface area contributed by atoms with Gasteiger partial charge in [0.2, 0.25) is 5.91 Å². The van der Waals surface area contributed by atoms with Crippen LogP contribution in [-0.4, -0.2) is 35.6 Å². The summed E-state index contributed by atoms with van der Waals surface area (Å²) in [6.45, 7) is 8.22. The second-order valence-corrected chi connectivity index (χ2v) is 5.61. The van der Waals surface area contributed by atoms with Crippen LogP contribution in [0, 0.1) is 5.92 Å². The SMILES string of the molecule is CCCN(CCO)Cc1cc(N)cc(NC(=O)C(C)C)c1. The Hall–Kier alpha value is -1.59. The highest BCUT2D eigenvalue weighted by atomic mass is 16.3. The van der Waals surface area contributed by atoms with E-state index in [0.717, 1.165) is 24.2 Å². The van der Waals surface area contributed by atoms with Crippen LogP contribution in [0.2, 0.25) is 0 Å². The minimum Gasteiger partial charge on any atom is -0.399 e. The van der Waals surface area contributed by atoms with Crippen molar-refractivity contribution in [2.45, 2.75) is 33.7 Å². The molecule has 0 bridgehead atoms. The van der Waals surface area contributed by atoms with Gasteiger partial charge >= 0.3 is 0 Å². The number of nitrogens with zero attached hydrogens (tertiary/aromatic N) is 1. The molecule has 0 heterocycles. The zero-order chi connectivity index (χ0) is 15.8. The lowest BCUT2D eigenvalue weighted by atomic mass is 10.1. The number of hydrogen-bond donors (Lipinski definition) is 3. The third-order valence-corrected chi connectivity index (χ3v) is 3.17. The monoisotopic (exact) mass is 293 g/mol. The summed E-state index contributed by atoms with van der Waals surface area (Å²) < 4.78 is 0. The average molecular weight is 293 g/mol. The average Bonchev–Trinajstić information content (AvgIpc) is 2.38. The molecule has 0 aliphatic carbocycles. The summed E-state index contributed by atoms with van der Waals surface area (Å²) in [5, 5.41) is 12.0. The van der Waals surface area contributed by atoms with Gasteiger partial charge in [-0.1, -0.05) is 20.8 Å². The van der Waals surface area contributed by atoms with Crippen molar-refractivity contribution in [3.05, 3.63) is 23.8 Å². The van der Waals surface area contributed by atoms with E-state index >= 15 is 0 Å². The molecule has 5 heteroatoms. The summed E-state index contributed by atoms with van der Waals surface area (Å²) in [5.74, 6) is -0.0896. The van der Waals surface area contributed by atoms with E-state index in [9.17, 15) is 4.79 Å². The van der Waals surface area contributed by atoms with Gasteiger partial charge in [-0.15, -0.1) is 0 Å². The van der Waals surface area contributed by atoms with Crippen LogP contribution < -0.4 is 11.1 Å². The zero-order valence-corrected chi connectivity index (χ0v) is 13.2. The predicted molar refractivity (Wildman–Crippen MR) is 87.0 cm³/mol. The lowest BCUT2D eigenvalue weighted by Crippen LogP contribution is -2.27. The molecule has 4 N–H and O–H groups in total. The second-order valence-electron chi connectivity index (χ2n) is 5.61. The molecule has 21 heavy (non-hydrogen) atoms. The fourth-order valence-corrected chi connectivity index (χ4v) is 2.15. The maximum Gasteiger partial charge on any atom is 0.226 e. The van der Waals surface area contributed by atoms with Crippen LogP contribution in [0.5, 0.6) is 0 Å². The molecule has 0 saturated heterocycles. The molecule has 1 aromatic carbocycles. The number of nitrogens with two attached hydrogens (primary N) is 1. The normalized spacial score (nSPS) is 11.1. The van der Waals surface area contributed by atoms with Gasteiger partial charge in [-0.25, -0.2) is 0 Å². The Labute approximate surface area is 127 Å². The number of aliphatic hydroxyl groups is 1. The maximum absolute atomic E-state index is 11.8. The van der Waals surface area contributed by atoms with Gasteiger partial charge < -0.3 is 16.2 Å². The smallest absolute Gasteiger partial charge is 0.226 e. The number of carbonyl (C=O) groups excluding carboxylic acids is 1. The van der Waals surface area contributed by atoms with Gasteiger partial charge in [0.1, 0.15) is 0 Å². The van der Waals surface area contributed by atoms with Gasteiger partial charge in [0.25, 0.3) is 0 Å². The number of nitrogens with one attached hydrogen (secondary N) is 1. The van der Waals surface area contributed by atoms with Crippen molar-refractivity contribution >= 4 is 17.3 Å². The van der Waals surface area contributed by atoms with E-state index in [-0.39, 0.29) is 18.4 Å². The topological polar surface area (TPSA) is 78.6 Å². The number of rotatable bonds is 8. The van der Waals surface area contributed by atoms with E-state index in [1.165, 1.54) is 0 Å². The van der Waals surface area contributed by atoms with Crippen molar-refractivity contribution < 1.29 is 9.90 Å². The van der Waals surface area contributed by atoms with E-state index in [2.05, 4.69) is 17.1 Å². The number of benzene rings is 1. The molecular weight excluding hydrogens is 266 g/mol. The standard InChI is InChI=1S/C16H27N3O2/c1-4-5-19(6-7-20)11-13-8-14(17)10-15(9-13)18-16(21)12(2)3/h8-10,12,20H,4-7,11,17H2,1-3H3,(H,18,21). The summed E-state index contributed by atoms with van der Waals surface area (Å²) in [6.07, 6.45) is 1.03. The molecule has 0 aliphatic rings. The fraction of sp³-hybridized carbons (Fsp3) is 0.562. The number of hydrogen-bond acceptors (Lipinski definition) is 4. The summed E-state index contributed by atoms with van der Waals surface area (Å²) in [7, 11) is 0. The Kier molecular flexibility index (Phi) is 7.19. The van der Waals surface area contributed by atoms with Crippen molar-refractivity contribution in [3.63, 3.8) is 0 Å². The molecule has 118 valence electrons. The molecule has 1 amide bonds. The highest BCUT2D eigenvalue weighted by Gasteiger charge is 2.10. The molecule has 0 aromatic heterocycles. The Morgan fingerprint density at radius 2 is 2.05 bits per heavy atom. The van der Waals surface area contributed by atoms with Crippen LogP contribution in [-0.2, 0) is 11.3 Å². The molecule has 0 spiro atoms. The van der Waals surface area contributed by atoms with Crippen LogP contribution in [0.25, 0.3) is 0 Å². The zero-order valence-electron chi connectivity index (χ0n) is 13.2. The van der Waals surface area contributed by atoms with E-state index in [4.69, 9.17) is 10.8 Å². The predicted octanol–water partition coefficient (Wildman–Crippen LogP) is 2.07. The van der Waals surface area contributed by atoms with Gasteiger partial charge in [0.15, 0.2) is 0 Å². The first-order chi connectivity index (χ1) is 9.96. The van der Waals surface area contributed by atoms with Gasteiger partial charge in [-0.05, 0) is 36.7 Å². The van der Waals surface area contributed by atoms with Crippen LogP contribution >= 0.6 is 0 Å². The summed E-state index contributed by atoms with van der Waals surface area (Å²) in [6, 6.07) is 5.61. The Morgan fingerprint density at radius 3 is 2.62 bits per heavy atom. The highest BCUT2D eigenvalue weighted by molar-refractivity contribution is 5.92. The Morgan fingerprint density at radius 1 is 1.33 bits per heavy atom. The first-order valence-electron chi connectivity index (χ1n) is 7.49. The third kappa shape index (κ3) is 6.14. The minimum atomic E-state index is -0.0686. The van der Waals surface area contributed by atoms with Crippen molar-refractivity contribution in [2.75, 3.05) is 30.7 Å². The van der Waals surface area contributed by atoms with Crippen molar-refractivity contribution in [1.29, 1.82) is 0 Å². The second kappa shape index (κ2) is 8.64. The van der Waals surface area contributed by atoms with Crippen LogP contribution in [0.3, 0.4) is 0 Å². The van der Waals surface area contributed by atoms with Crippen LogP contribution in [0.1, 0.15) is 32.8 Å². The van der Waals surface area contributed by atoms with E-state index in [1.807, 2.05) is 26.0 Å². The van der Waals surface area contributed by atoms with Gasteiger partial charge in [0, 0.05) is 30.4 Å². The molecular formula is C16H27N3O2. The van der Waals surface area contributed by atoms with Gasteiger partial charge in [-0.2, -0.15) is 0 Å². The number of carbonyl (C=O) groups is 1. The van der Waals surface area contributed by atoms with Gasteiger partial charge in [0.05, 0.1) is 6.61 Å². The van der Waals surface area contributed by atoms with E-state index < -0.39 is 0 Å². The van der Waals surface area contributed by atoms with Crippen LogP contribution in [0.4, 0.5) is 11.4 Å². The largest absolute Gasteiger partial charge is 0.399 e. The van der Waals surface area contributed by atoms with Crippen LogP contribution in [0.15, 0.2) is 18.2 Å². The lowest BCUT2D eigenvalue weighted by Gasteiger charge is -2.21. The maximum atomic E-state index is 11.8. The molecule has 0 radical (unpaired) electrons. The molecule has 0 saturated carbocycles. The molecule has 5 nitrogen and oxygen atoms in total. The molecule has 1 rings (SSSR count). The first-order valence-corrected chi connectivity index (χ1v) is 7.49. The Balaban J connectivity index is 2.82. The van der Waals surface area contributed by atoms with E-state index in [1.54, 1.807) is 6.07 Å². The summed E-state index contributed by atoms with van der Waals surface area (Å²) in [5.41, 5.74) is 8.31. The minimum absolute atomic E-state index is 0.0210. The molecule has 0 fully saturated rings. The summed E-state index contributed by atoms with van der Waals surface area (Å²) >= 11 is 0. The van der Waals surface area contributed by atoms with Crippen molar-refractivity contribution in [1.82, 2.24) is 4.90 Å². The van der Waals surface area contributed by atoms with Crippen molar-refractivity contribution in [2.24, 2.45) is 5.92 Å². The fourth-order valence-electron chi connectivity index (χ4n) is 2.15. The number of nitrogen functional groups attached to an aromatic ring is 1. The molecule has 0 atom stereocenters. The Bertz CT molecular complexity index is 455. The highest BCUT2D eigenvalue weighted by Crippen LogP contribution is 2.19. The lowest BCUT2D eigenvalue weighted by molar-refractivity contribution is -0.118. The quantitative estimate of drug-likeness (QED) is 0.641. The van der Waals surface area contributed by atoms with E-state index in [0.29, 0.717) is 18.8 Å². The van der Waals surface area contributed by atoms with Crippen molar-refractivity contribution in [3.8, 4) is 0 Å².